The van der Waals surface area contributed by atoms with Crippen LogP contribution < -0.4 is 14.2 Å². The predicted octanol–water partition coefficient (Wildman–Crippen LogP) is 2.84. The van der Waals surface area contributed by atoms with Crippen molar-refractivity contribution in [2.75, 3.05) is 13.8 Å². The van der Waals surface area contributed by atoms with E-state index < -0.39 is 6.10 Å². The van der Waals surface area contributed by atoms with E-state index >= 15 is 0 Å². The number of amides is 1. The summed E-state index contributed by atoms with van der Waals surface area (Å²) in [6.07, 6.45) is -0.580. The molecule has 0 radical (unpaired) electrons. The molecule has 1 aliphatic heterocycles. The second-order valence-electron chi connectivity index (χ2n) is 5.46. The maximum Gasteiger partial charge on any atom is 0.263 e. The van der Waals surface area contributed by atoms with Gasteiger partial charge in [0.15, 0.2) is 17.6 Å². The molecule has 0 unspecified atom stereocenters. The standard InChI is InChI=1S/C18H19NO4/c1-13(18(20)19(2)11-14-6-4-3-5-7-14)23-15-8-9-16-17(10-15)22-12-21-16/h3-10,13H,11-12H2,1-2H3/t13-/m0/s1. The summed E-state index contributed by atoms with van der Waals surface area (Å²) in [5.41, 5.74) is 1.08. The molecule has 0 saturated carbocycles. The number of carbonyl (C=O) groups excluding carboxylic acids is 1. The molecule has 2 aromatic rings. The molecule has 1 heterocycles. The lowest BCUT2D eigenvalue weighted by molar-refractivity contribution is -0.137. The van der Waals surface area contributed by atoms with E-state index in [0.29, 0.717) is 23.8 Å². The van der Waals surface area contributed by atoms with Crippen molar-refractivity contribution in [3.63, 3.8) is 0 Å². The Morgan fingerprint density at radius 2 is 1.91 bits per heavy atom. The molecule has 120 valence electrons. The zero-order valence-corrected chi connectivity index (χ0v) is 13.2. The summed E-state index contributed by atoms with van der Waals surface area (Å²) in [5.74, 6) is 1.84. The van der Waals surface area contributed by atoms with Gasteiger partial charge in [0, 0.05) is 19.7 Å². The van der Waals surface area contributed by atoms with Crippen LogP contribution in [0.15, 0.2) is 48.5 Å². The Morgan fingerprint density at radius 3 is 2.70 bits per heavy atom. The summed E-state index contributed by atoms with van der Waals surface area (Å²) in [6, 6.07) is 15.2. The highest BCUT2D eigenvalue weighted by Crippen LogP contribution is 2.35. The van der Waals surface area contributed by atoms with E-state index in [4.69, 9.17) is 14.2 Å². The third kappa shape index (κ3) is 3.56. The van der Waals surface area contributed by atoms with Gasteiger partial charge < -0.3 is 19.1 Å². The molecule has 0 aromatic heterocycles. The Kier molecular flexibility index (Phi) is 4.37. The van der Waals surface area contributed by atoms with Crippen molar-refractivity contribution >= 4 is 5.91 Å². The predicted molar refractivity (Wildman–Crippen MR) is 85.6 cm³/mol. The molecular weight excluding hydrogens is 294 g/mol. The number of ether oxygens (including phenoxy) is 3. The van der Waals surface area contributed by atoms with Gasteiger partial charge in [0.2, 0.25) is 6.79 Å². The van der Waals surface area contributed by atoms with E-state index in [0.717, 1.165) is 5.56 Å². The van der Waals surface area contributed by atoms with Crippen molar-refractivity contribution in [3.8, 4) is 17.2 Å². The van der Waals surface area contributed by atoms with Crippen LogP contribution in [0.25, 0.3) is 0 Å². The zero-order chi connectivity index (χ0) is 16.2. The highest BCUT2D eigenvalue weighted by molar-refractivity contribution is 5.80. The van der Waals surface area contributed by atoms with Crippen LogP contribution in [0.5, 0.6) is 17.2 Å². The van der Waals surface area contributed by atoms with Crippen molar-refractivity contribution in [3.05, 3.63) is 54.1 Å². The topological polar surface area (TPSA) is 48.0 Å². The van der Waals surface area contributed by atoms with Gasteiger partial charge >= 0.3 is 0 Å². The number of nitrogens with zero attached hydrogens (tertiary/aromatic N) is 1. The number of fused-ring (bicyclic) bond motifs is 1. The van der Waals surface area contributed by atoms with Crippen LogP contribution in [0.1, 0.15) is 12.5 Å². The van der Waals surface area contributed by atoms with E-state index in [1.807, 2.05) is 30.3 Å². The van der Waals surface area contributed by atoms with E-state index in [2.05, 4.69) is 0 Å². The number of likely N-dealkylation sites (N-methyl/N-ethyl adjacent to an activating group) is 1. The molecule has 0 aliphatic carbocycles. The van der Waals surface area contributed by atoms with Gasteiger partial charge in [0.25, 0.3) is 5.91 Å². The van der Waals surface area contributed by atoms with Gasteiger partial charge in [-0.1, -0.05) is 30.3 Å². The molecule has 0 fully saturated rings. The Labute approximate surface area is 135 Å². The lowest BCUT2D eigenvalue weighted by Crippen LogP contribution is -2.37. The lowest BCUT2D eigenvalue weighted by atomic mass is 10.2. The molecule has 0 bridgehead atoms. The van der Waals surface area contributed by atoms with Gasteiger partial charge in [-0.25, -0.2) is 0 Å². The minimum Gasteiger partial charge on any atom is -0.481 e. The number of rotatable bonds is 5. The van der Waals surface area contributed by atoms with Crippen LogP contribution in [-0.2, 0) is 11.3 Å². The van der Waals surface area contributed by atoms with Crippen LogP contribution in [-0.4, -0.2) is 30.8 Å². The zero-order valence-electron chi connectivity index (χ0n) is 13.2. The van der Waals surface area contributed by atoms with Crippen molar-refractivity contribution in [1.82, 2.24) is 4.90 Å². The molecule has 5 nitrogen and oxygen atoms in total. The van der Waals surface area contributed by atoms with Gasteiger partial charge in [-0.2, -0.15) is 0 Å². The minimum atomic E-state index is -0.580. The smallest absolute Gasteiger partial charge is 0.263 e. The highest BCUT2D eigenvalue weighted by atomic mass is 16.7. The van der Waals surface area contributed by atoms with Crippen LogP contribution in [0.4, 0.5) is 0 Å². The average Bonchev–Trinajstić information content (AvgIpc) is 3.02. The van der Waals surface area contributed by atoms with Gasteiger partial charge in [0.1, 0.15) is 5.75 Å². The quantitative estimate of drug-likeness (QED) is 0.851. The third-order valence-electron chi connectivity index (χ3n) is 3.64. The third-order valence-corrected chi connectivity index (χ3v) is 3.64. The molecule has 0 N–H and O–H groups in total. The molecule has 1 amide bonds. The van der Waals surface area contributed by atoms with Gasteiger partial charge in [-0.3, -0.25) is 4.79 Å². The summed E-state index contributed by atoms with van der Waals surface area (Å²) in [6.45, 7) is 2.51. The lowest BCUT2D eigenvalue weighted by Gasteiger charge is -2.22. The average molecular weight is 313 g/mol. The fourth-order valence-corrected chi connectivity index (χ4v) is 2.45. The van der Waals surface area contributed by atoms with Gasteiger partial charge in [-0.15, -0.1) is 0 Å². The first-order valence-electron chi connectivity index (χ1n) is 7.48. The number of benzene rings is 2. The largest absolute Gasteiger partial charge is 0.481 e. The Balaban J connectivity index is 1.61. The Morgan fingerprint density at radius 1 is 1.17 bits per heavy atom. The molecule has 5 heteroatoms. The molecule has 3 rings (SSSR count). The molecular formula is C18H19NO4. The summed E-state index contributed by atoms with van der Waals surface area (Å²) in [4.78, 5) is 14.1. The summed E-state index contributed by atoms with van der Waals surface area (Å²) < 4.78 is 16.3. The Bertz CT molecular complexity index is 687. The minimum absolute atomic E-state index is 0.0773. The second-order valence-corrected chi connectivity index (χ2v) is 5.46. The maximum atomic E-state index is 12.4. The first-order chi connectivity index (χ1) is 11.1. The summed E-state index contributed by atoms with van der Waals surface area (Å²) in [7, 11) is 1.77. The van der Waals surface area contributed by atoms with Gasteiger partial charge in [-0.05, 0) is 24.6 Å². The molecule has 0 spiro atoms. The first kappa shape index (κ1) is 15.2. The van der Waals surface area contributed by atoms with Crippen molar-refractivity contribution < 1.29 is 19.0 Å². The maximum absolute atomic E-state index is 12.4. The summed E-state index contributed by atoms with van der Waals surface area (Å²) >= 11 is 0. The van der Waals surface area contributed by atoms with E-state index in [9.17, 15) is 4.79 Å². The van der Waals surface area contributed by atoms with Crippen molar-refractivity contribution in [2.24, 2.45) is 0 Å². The van der Waals surface area contributed by atoms with Crippen LogP contribution in [0.3, 0.4) is 0 Å². The normalized spacial score (nSPS) is 13.5. The molecule has 1 atom stereocenters. The van der Waals surface area contributed by atoms with Crippen LogP contribution >= 0.6 is 0 Å². The van der Waals surface area contributed by atoms with Gasteiger partial charge in [0.05, 0.1) is 0 Å². The first-order valence-corrected chi connectivity index (χ1v) is 7.48. The number of hydrogen-bond acceptors (Lipinski definition) is 4. The van der Waals surface area contributed by atoms with Crippen LogP contribution in [0, 0.1) is 0 Å². The molecule has 23 heavy (non-hydrogen) atoms. The van der Waals surface area contributed by atoms with Crippen LogP contribution in [0.2, 0.25) is 0 Å². The number of carbonyl (C=O) groups is 1. The number of hydrogen-bond donors (Lipinski definition) is 0. The molecule has 2 aromatic carbocycles. The van der Waals surface area contributed by atoms with E-state index in [1.54, 1.807) is 37.1 Å². The van der Waals surface area contributed by atoms with E-state index in [-0.39, 0.29) is 12.7 Å². The Hall–Kier alpha value is -2.69. The molecule has 0 saturated heterocycles. The van der Waals surface area contributed by atoms with Crippen molar-refractivity contribution in [2.45, 2.75) is 19.6 Å². The molecule has 1 aliphatic rings. The highest BCUT2D eigenvalue weighted by Gasteiger charge is 2.21. The SMILES string of the molecule is C[C@H](Oc1ccc2c(c1)OCO2)C(=O)N(C)Cc1ccccc1. The van der Waals surface area contributed by atoms with E-state index in [1.165, 1.54) is 0 Å². The fourth-order valence-electron chi connectivity index (χ4n) is 2.45. The second kappa shape index (κ2) is 6.60. The monoisotopic (exact) mass is 313 g/mol. The summed E-state index contributed by atoms with van der Waals surface area (Å²) in [5, 5.41) is 0. The fraction of sp³-hybridized carbons (Fsp3) is 0.278. The van der Waals surface area contributed by atoms with Crippen molar-refractivity contribution in [1.29, 1.82) is 0 Å².